The second-order valence-corrected chi connectivity index (χ2v) is 2.12. The zero-order valence-electron chi connectivity index (χ0n) is 9.03. The number of hydrogen-bond donors (Lipinski definition) is 0. The van der Waals surface area contributed by atoms with E-state index in [-0.39, 0.29) is 132 Å². The summed E-state index contributed by atoms with van der Waals surface area (Å²) in [5.74, 6) is -3.04. The van der Waals surface area contributed by atoms with Crippen LogP contribution in [0.25, 0.3) is 0 Å². The fourth-order valence-electron chi connectivity index (χ4n) is 0.839. The van der Waals surface area contributed by atoms with Crippen molar-refractivity contribution in [3.05, 3.63) is 35.4 Å². The van der Waals surface area contributed by atoms with Crippen molar-refractivity contribution in [2.45, 2.75) is 0 Å². The van der Waals surface area contributed by atoms with Gasteiger partial charge in [-0.1, -0.05) is 24.3 Å². The summed E-state index contributed by atoms with van der Waals surface area (Å²) in [6.07, 6.45) is 0. The second-order valence-electron chi connectivity index (χ2n) is 2.12. The summed E-state index contributed by atoms with van der Waals surface area (Å²) in [6.45, 7) is 0. The second kappa shape index (κ2) is 13.5. The average molecular weight is 383 g/mol. The van der Waals surface area contributed by atoms with Crippen molar-refractivity contribution in [1.29, 1.82) is 0 Å². The Morgan fingerprint density at radius 1 is 0.875 bits per heavy atom. The molecule has 1 aromatic carbocycles. The van der Waals surface area contributed by atoms with Gasteiger partial charge < -0.3 is 32.2 Å². The van der Waals surface area contributed by atoms with Gasteiger partial charge in [0.1, 0.15) is 0 Å². The van der Waals surface area contributed by atoms with E-state index in [0.29, 0.717) is 0 Å². The zero-order valence-corrected chi connectivity index (χ0v) is 18.2. The molecule has 0 unspecified atom stereocenters. The number of carboxylic acid groups (broad SMARTS) is 2. The van der Waals surface area contributed by atoms with Crippen LogP contribution in [-0.2, 0) is 0 Å². The first-order chi connectivity index (χ1) is 5.63. The Bertz CT molecular complexity index is 316. The molecule has 0 saturated heterocycles. The number of aromatic carboxylic acids is 2. The minimum atomic E-state index is -1.52. The molecule has 16 heavy (non-hydrogen) atoms. The maximum Gasteiger partial charge on any atom is 2.00 e. The fraction of sp³-hybridized carbons (Fsp3) is 0. The molecule has 1 rings (SSSR count). The molecule has 0 bridgehead atoms. The number of hydrogen-bond acceptors (Lipinski definition) is 4. The van der Waals surface area contributed by atoms with Crippen LogP contribution in [0.15, 0.2) is 24.3 Å². The van der Waals surface area contributed by atoms with Gasteiger partial charge in [0.2, 0.25) is 0 Å². The summed E-state index contributed by atoms with van der Waals surface area (Å²) in [6, 6.07) is 5.14. The summed E-state index contributed by atoms with van der Waals surface area (Å²) in [7, 11) is 0. The van der Waals surface area contributed by atoms with E-state index < -0.39 is 11.9 Å². The number of halogens is 1. The van der Waals surface area contributed by atoms with Crippen LogP contribution in [0, 0.1) is 0 Å². The van der Waals surface area contributed by atoms with Crippen molar-refractivity contribution in [1.82, 2.24) is 0 Å². The first-order valence-corrected chi connectivity index (χ1v) is 3.14. The molecule has 0 radical (unpaired) electrons. The third-order valence-electron chi connectivity index (χ3n) is 1.37. The van der Waals surface area contributed by atoms with Crippen LogP contribution >= 0.6 is 0 Å². The minimum absolute atomic E-state index is 0. The summed E-state index contributed by atoms with van der Waals surface area (Å²) < 4.78 is 0. The molecule has 0 saturated carbocycles. The first-order valence-electron chi connectivity index (χ1n) is 3.14. The molecule has 0 aliphatic carbocycles. The third-order valence-corrected chi connectivity index (χ3v) is 1.37. The summed E-state index contributed by atoms with van der Waals surface area (Å²) >= 11 is 0. The standard InChI is InChI=1S/C8H6O4.Ba.ClH.2Na/c9-7(10)5-3-1-2-4-6(5)8(11)12;;;;/h1-4H,(H,9,10)(H,11,12);;1H;;/q;+2;;2*+1/p-3. The SMILES string of the molecule is O=C([O-])c1ccccc1C(=O)[O-].[Ba+2].[Cl-].[Na+].[Na+]. The summed E-state index contributed by atoms with van der Waals surface area (Å²) in [5, 5.41) is 20.6. The molecule has 0 spiro atoms. The normalized spacial score (nSPS) is 7.00. The molecule has 0 N–H and O–H groups in total. The van der Waals surface area contributed by atoms with Gasteiger partial charge in [-0.15, -0.1) is 0 Å². The van der Waals surface area contributed by atoms with Crippen LogP contribution in [0.1, 0.15) is 20.7 Å². The van der Waals surface area contributed by atoms with Gasteiger partial charge >= 0.3 is 108 Å². The Morgan fingerprint density at radius 3 is 1.31 bits per heavy atom. The van der Waals surface area contributed by atoms with Crippen LogP contribution in [0.2, 0.25) is 0 Å². The Hall–Kier alpha value is 2.02. The van der Waals surface area contributed by atoms with Gasteiger partial charge in [0.05, 0.1) is 11.9 Å². The topological polar surface area (TPSA) is 80.3 Å². The molecule has 0 aliphatic rings. The van der Waals surface area contributed by atoms with Gasteiger partial charge in [0, 0.05) is 11.1 Å². The third kappa shape index (κ3) is 8.18. The largest absolute Gasteiger partial charge is 2.00 e. The maximum absolute atomic E-state index is 10.3. The molecule has 0 heterocycles. The molecule has 4 nitrogen and oxygen atoms in total. The molecular formula is C8H4BaClNa2O4+. The van der Waals surface area contributed by atoms with Crippen LogP contribution < -0.4 is 81.7 Å². The Kier molecular flexibility index (Phi) is 22.3. The predicted molar refractivity (Wildman–Crippen MR) is 40.9 cm³/mol. The molecule has 0 fully saturated rings. The molecule has 0 aromatic heterocycles. The van der Waals surface area contributed by atoms with Gasteiger partial charge in [-0.05, 0) is 0 Å². The molecule has 0 atom stereocenters. The van der Waals surface area contributed by atoms with Crippen LogP contribution in [-0.4, -0.2) is 60.8 Å². The number of carbonyl (C=O) groups is 2. The van der Waals surface area contributed by atoms with Crippen LogP contribution in [0.5, 0.6) is 0 Å². The van der Waals surface area contributed by atoms with Gasteiger partial charge in [-0.3, -0.25) is 0 Å². The molecule has 0 amide bonds. The van der Waals surface area contributed by atoms with Gasteiger partial charge in [0.15, 0.2) is 0 Å². The average Bonchev–Trinajstić information content (AvgIpc) is 2.04. The Balaban J connectivity index is -0.000000180. The predicted octanol–water partition coefficient (Wildman–Crippen LogP) is -11.0. The molecule has 8 heteroatoms. The van der Waals surface area contributed by atoms with E-state index in [1.807, 2.05) is 0 Å². The molecule has 70 valence electrons. The van der Waals surface area contributed by atoms with Crippen molar-refractivity contribution in [2.75, 3.05) is 0 Å². The van der Waals surface area contributed by atoms with Gasteiger partial charge in [-0.2, -0.15) is 0 Å². The zero-order chi connectivity index (χ0) is 9.14. The van der Waals surface area contributed by atoms with E-state index in [0.717, 1.165) is 12.1 Å². The maximum atomic E-state index is 10.3. The van der Waals surface area contributed by atoms with Crippen LogP contribution in [0.3, 0.4) is 0 Å². The fourth-order valence-corrected chi connectivity index (χ4v) is 0.839. The van der Waals surface area contributed by atoms with E-state index >= 15 is 0 Å². The van der Waals surface area contributed by atoms with Crippen molar-refractivity contribution in [3.8, 4) is 0 Å². The molecule has 0 aliphatic heterocycles. The van der Waals surface area contributed by atoms with Crippen molar-refractivity contribution in [2.24, 2.45) is 0 Å². The number of rotatable bonds is 2. The van der Waals surface area contributed by atoms with E-state index in [1.165, 1.54) is 12.1 Å². The van der Waals surface area contributed by atoms with Crippen molar-refractivity contribution >= 4 is 60.8 Å². The smallest absolute Gasteiger partial charge is 1.00 e. The molecular weight excluding hydrogens is 379 g/mol. The number of carboxylic acids is 2. The van der Waals surface area contributed by atoms with E-state index in [9.17, 15) is 19.8 Å². The van der Waals surface area contributed by atoms with Crippen molar-refractivity contribution < 1.29 is 91.3 Å². The molecule has 1 aromatic rings. The number of carbonyl (C=O) groups excluding carboxylic acids is 2. The number of benzene rings is 1. The quantitative estimate of drug-likeness (QED) is 0.476. The Morgan fingerprint density at radius 2 is 1.12 bits per heavy atom. The van der Waals surface area contributed by atoms with Crippen molar-refractivity contribution in [3.63, 3.8) is 0 Å². The minimum Gasteiger partial charge on any atom is -1.00 e. The first kappa shape index (κ1) is 26.6. The van der Waals surface area contributed by atoms with E-state index in [4.69, 9.17) is 0 Å². The Labute approximate surface area is 184 Å². The van der Waals surface area contributed by atoms with Gasteiger partial charge in [-0.25, -0.2) is 0 Å². The summed E-state index contributed by atoms with van der Waals surface area (Å²) in [5.41, 5.74) is -0.727. The van der Waals surface area contributed by atoms with E-state index in [2.05, 4.69) is 0 Å². The van der Waals surface area contributed by atoms with Gasteiger partial charge in [0.25, 0.3) is 0 Å². The summed E-state index contributed by atoms with van der Waals surface area (Å²) in [4.78, 5) is 20.6. The van der Waals surface area contributed by atoms with E-state index in [1.54, 1.807) is 0 Å². The monoisotopic (exact) mass is 383 g/mol. The van der Waals surface area contributed by atoms with Crippen LogP contribution in [0.4, 0.5) is 0 Å².